The summed E-state index contributed by atoms with van der Waals surface area (Å²) in [5, 5.41) is 0.952. The standard InChI is InChI=1S/C12H22BrNO2/c1-9-5-6-14(8-10(9)7-13)11(15)16-12(2,3)4/h9-10H,5-8H2,1-4H3. The van der Waals surface area contributed by atoms with Crippen molar-refractivity contribution in [3.8, 4) is 0 Å². The minimum atomic E-state index is -0.399. The van der Waals surface area contributed by atoms with E-state index in [0.717, 1.165) is 24.8 Å². The molecule has 0 aromatic carbocycles. The molecule has 0 aromatic rings. The van der Waals surface area contributed by atoms with Crippen LogP contribution in [-0.4, -0.2) is 35.0 Å². The first-order valence-electron chi connectivity index (χ1n) is 5.87. The molecule has 0 aromatic heterocycles. The predicted molar refractivity (Wildman–Crippen MR) is 68.9 cm³/mol. The molecule has 16 heavy (non-hydrogen) atoms. The molecule has 94 valence electrons. The quantitative estimate of drug-likeness (QED) is 0.694. The van der Waals surface area contributed by atoms with Crippen LogP contribution in [0.25, 0.3) is 0 Å². The van der Waals surface area contributed by atoms with Crippen molar-refractivity contribution < 1.29 is 9.53 Å². The maximum atomic E-state index is 11.9. The van der Waals surface area contributed by atoms with Crippen molar-refractivity contribution in [3.63, 3.8) is 0 Å². The largest absolute Gasteiger partial charge is 0.444 e. The summed E-state index contributed by atoms with van der Waals surface area (Å²) in [4.78, 5) is 13.7. The van der Waals surface area contributed by atoms with E-state index in [4.69, 9.17) is 4.74 Å². The van der Waals surface area contributed by atoms with Crippen LogP contribution in [0.5, 0.6) is 0 Å². The summed E-state index contributed by atoms with van der Waals surface area (Å²) in [6.07, 6.45) is 0.889. The highest BCUT2D eigenvalue weighted by Gasteiger charge is 2.30. The molecule has 0 N–H and O–H groups in total. The van der Waals surface area contributed by atoms with E-state index in [2.05, 4.69) is 22.9 Å². The number of rotatable bonds is 1. The number of piperidine rings is 1. The van der Waals surface area contributed by atoms with Crippen molar-refractivity contribution in [3.05, 3.63) is 0 Å². The molecule has 0 bridgehead atoms. The number of carbonyl (C=O) groups excluding carboxylic acids is 1. The van der Waals surface area contributed by atoms with E-state index >= 15 is 0 Å². The average Bonchev–Trinajstić information content (AvgIpc) is 2.15. The number of amides is 1. The molecule has 1 amide bonds. The SMILES string of the molecule is CC1CCN(C(=O)OC(C)(C)C)CC1CBr. The van der Waals surface area contributed by atoms with Crippen molar-refractivity contribution in [1.29, 1.82) is 0 Å². The molecule has 0 spiro atoms. The molecule has 0 aliphatic carbocycles. The van der Waals surface area contributed by atoms with Crippen molar-refractivity contribution in [2.24, 2.45) is 11.8 Å². The number of nitrogens with zero attached hydrogens (tertiary/aromatic N) is 1. The Labute approximate surface area is 107 Å². The van der Waals surface area contributed by atoms with Gasteiger partial charge >= 0.3 is 6.09 Å². The summed E-state index contributed by atoms with van der Waals surface area (Å²) in [6.45, 7) is 9.58. The molecule has 3 nitrogen and oxygen atoms in total. The molecule has 2 atom stereocenters. The third kappa shape index (κ3) is 3.96. The second-order valence-corrected chi connectivity index (χ2v) is 6.25. The Morgan fingerprint density at radius 2 is 2.12 bits per heavy atom. The van der Waals surface area contributed by atoms with Crippen LogP contribution in [0.1, 0.15) is 34.1 Å². The van der Waals surface area contributed by atoms with Crippen LogP contribution >= 0.6 is 15.9 Å². The first kappa shape index (κ1) is 13.8. The molecule has 1 rings (SSSR count). The van der Waals surface area contributed by atoms with E-state index in [1.807, 2.05) is 25.7 Å². The molecular weight excluding hydrogens is 270 g/mol. The summed E-state index contributed by atoms with van der Waals surface area (Å²) >= 11 is 3.51. The van der Waals surface area contributed by atoms with Gasteiger partial charge in [-0.05, 0) is 39.0 Å². The monoisotopic (exact) mass is 291 g/mol. The van der Waals surface area contributed by atoms with Gasteiger partial charge in [0, 0.05) is 18.4 Å². The molecule has 1 saturated heterocycles. The zero-order valence-electron chi connectivity index (χ0n) is 10.6. The summed E-state index contributed by atoms with van der Waals surface area (Å²) in [6, 6.07) is 0. The fourth-order valence-corrected chi connectivity index (χ4v) is 2.69. The number of hydrogen-bond acceptors (Lipinski definition) is 2. The van der Waals surface area contributed by atoms with E-state index < -0.39 is 5.60 Å². The number of ether oxygens (including phenoxy) is 1. The highest BCUT2D eigenvalue weighted by molar-refractivity contribution is 9.09. The maximum Gasteiger partial charge on any atom is 0.410 e. The van der Waals surface area contributed by atoms with E-state index in [-0.39, 0.29) is 6.09 Å². The smallest absolute Gasteiger partial charge is 0.410 e. The van der Waals surface area contributed by atoms with Crippen LogP contribution in [0.3, 0.4) is 0 Å². The number of carbonyl (C=O) groups is 1. The van der Waals surface area contributed by atoms with Gasteiger partial charge in [0.2, 0.25) is 0 Å². The molecule has 0 radical (unpaired) electrons. The van der Waals surface area contributed by atoms with Crippen LogP contribution in [-0.2, 0) is 4.74 Å². The first-order chi connectivity index (χ1) is 7.33. The molecule has 1 aliphatic heterocycles. The second kappa shape index (κ2) is 5.39. The van der Waals surface area contributed by atoms with Gasteiger partial charge in [-0.3, -0.25) is 0 Å². The Kier molecular flexibility index (Phi) is 4.65. The summed E-state index contributed by atoms with van der Waals surface area (Å²) < 4.78 is 5.38. The van der Waals surface area contributed by atoms with Crippen molar-refractivity contribution in [2.45, 2.75) is 39.7 Å². The van der Waals surface area contributed by atoms with Crippen molar-refractivity contribution in [1.82, 2.24) is 4.90 Å². The van der Waals surface area contributed by atoms with Gasteiger partial charge in [-0.25, -0.2) is 4.79 Å². The third-order valence-corrected chi connectivity index (χ3v) is 3.80. The number of halogens is 1. The van der Waals surface area contributed by atoms with Crippen LogP contribution in [0.2, 0.25) is 0 Å². The highest BCUT2D eigenvalue weighted by atomic mass is 79.9. The fraction of sp³-hybridized carbons (Fsp3) is 0.917. The molecule has 1 aliphatic rings. The predicted octanol–water partition coefficient (Wildman–Crippen LogP) is 3.27. The summed E-state index contributed by atoms with van der Waals surface area (Å²) in [5.41, 5.74) is -0.399. The maximum absolute atomic E-state index is 11.9. The summed E-state index contributed by atoms with van der Waals surface area (Å²) in [5.74, 6) is 1.22. The van der Waals surface area contributed by atoms with Gasteiger partial charge in [-0.2, -0.15) is 0 Å². The Hall–Kier alpha value is -0.250. The van der Waals surface area contributed by atoms with Gasteiger partial charge in [0.15, 0.2) is 0 Å². The molecule has 0 saturated carbocycles. The summed E-state index contributed by atoms with van der Waals surface area (Å²) in [7, 11) is 0. The van der Waals surface area contributed by atoms with Crippen LogP contribution < -0.4 is 0 Å². The topological polar surface area (TPSA) is 29.5 Å². The number of alkyl halides is 1. The molecule has 1 fully saturated rings. The minimum Gasteiger partial charge on any atom is -0.444 e. The molecular formula is C12H22BrNO2. The van der Waals surface area contributed by atoms with Gasteiger partial charge in [0.25, 0.3) is 0 Å². The minimum absolute atomic E-state index is 0.176. The Balaban J connectivity index is 2.52. The van der Waals surface area contributed by atoms with Gasteiger partial charge in [-0.15, -0.1) is 0 Å². The zero-order chi connectivity index (χ0) is 12.3. The molecule has 2 unspecified atom stereocenters. The lowest BCUT2D eigenvalue weighted by Crippen LogP contribution is -2.45. The zero-order valence-corrected chi connectivity index (χ0v) is 12.2. The van der Waals surface area contributed by atoms with E-state index in [1.54, 1.807) is 0 Å². The Morgan fingerprint density at radius 3 is 2.62 bits per heavy atom. The van der Waals surface area contributed by atoms with Crippen molar-refractivity contribution >= 4 is 22.0 Å². The first-order valence-corrected chi connectivity index (χ1v) is 6.99. The second-order valence-electron chi connectivity index (χ2n) is 5.61. The van der Waals surface area contributed by atoms with Gasteiger partial charge in [0.1, 0.15) is 5.60 Å². The van der Waals surface area contributed by atoms with E-state index in [9.17, 15) is 4.79 Å². The lowest BCUT2D eigenvalue weighted by Gasteiger charge is -2.37. The lowest BCUT2D eigenvalue weighted by atomic mass is 9.89. The van der Waals surface area contributed by atoms with Crippen LogP contribution in [0, 0.1) is 11.8 Å². The highest BCUT2D eigenvalue weighted by Crippen LogP contribution is 2.25. The molecule has 1 heterocycles. The van der Waals surface area contributed by atoms with Gasteiger partial charge < -0.3 is 9.64 Å². The van der Waals surface area contributed by atoms with Gasteiger partial charge in [-0.1, -0.05) is 22.9 Å². The number of hydrogen-bond donors (Lipinski definition) is 0. The normalized spacial score (nSPS) is 26.7. The van der Waals surface area contributed by atoms with Gasteiger partial charge in [0.05, 0.1) is 0 Å². The number of likely N-dealkylation sites (tertiary alicyclic amines) is 1. The van der Waals surface area contributed by atoms with Crippen molar-refractivity contribution in [2.75, 3.05) is 18.4 Å². The third-order valence-electron chi connectivity index (χ3n) is 2.96. The Bertz CT molecular complexity index is 250. The van der Waals surface area contributed by atoms with E-state index in [1.165, 1.54) is 0 Å². The van der Waals surface area contributed by atoms with E-state index in [0.29, 0.717) is 11.8 Å². The lowest BCUT2D eigenvalue weighted by molar-refractivity contribution is 0.0132. The van der Waals surface area contributed by atoms with Crippen LogP contribution in [0.15, 0.2) is 0 Å². The molecule has 4 heteroatoms. The average molecular weight is 292 g/mol. The Morgan fingerprint density at radius 1 is 1.50 bits per heavy atom. The van der Waals surface area contributed by atoms with Crippen LogP contribution in [0.4, 0.5) is 4.79 Å². The fourth-order valence-electron chi connectivity index (χ4n) is 1.84.